The SMILES string of the molecule is O=S(=O)(Nc1ncccn1)c1ccc(CO)s1. The zero-order valence-corrected chi connectivity index (χ0v) is 10.2. The molecule has 0 bridgehead atoms. The van der Waals surface area contributed by atoms with Gasteiger partial charge in [-0.3, -0.25) is 0 Å². The van der Waals surface area contributed by atoms with E-state index < -0.39 is 10.0 Å². The second-order valence-corrected chi connectivity index (χ2v) is 6.13. The van der Waals surface area contributed by atoms with Crippen LogP contribution < -0.4 is 4.72 Å². The third kappa shape index (κ3) is 2.78. The predicted octanol–water partition coefficient (Wildman–Crippen LogP) is 0.831. The van der Waals surface area contributed by atoms with Crippen molar-refractivity contribution in [2.75, 3.05) is 4.72 Å². The smallest absolute Gasteiger partial charge is 0.273 e. The van der Waals surface area contributed by atoms with Gasteiger partial charge in [-0.15, -0.1) is 11.3 Å². The number of hydrogen-bond donors (Lipinski definition) is 2. The molecule has 0 saturated carbocycles. The highest BCUT2D eigenvalue weighted by molar-refractivity contribution is 7.94. The van der Waals surface area contributed by atoms with Gasteiger partial charge in [0.1, 0.15) is 4.21 Å². The van der Waals surface area contributed by atoms with Crippen molar-refractivity contribution < 1.29 is 13.5 Å². The van der Waals surface area contributed by atoms with E-state index in [-0.39, 0.29) is 16.8 Å². The summed E-state index contributed by atoms with van der Waals surface area (Å²) in [5, 5.41) is 8.88. The monoisotopic (exact) mass is 271 g/mol. The van der Waals surface area contributed by atoms with Gasteiger partial charge in [-0.2, -0.15) is 0 Å². The lowest BCUT2D eigenvalue weighted by Gasteiger charge is -2.02. The van der Waals surface area contributed by atoms with Crippen LogP contribution in [0.3, 0.4) is 0 Å². The highest BCUT2D eigenvalue weighted by atomic mass is 32.2. The van der Waals surface area contributed by atoms with Crippen molar-refractivity contribution in [2.45, 2.75) is 10.8 Å². The van der Waals surface area contributed by atoms with E-state index in [9.17, 15) is 8.42 Å². The lowest BCUT2D eigenvalue weighted by atomic mass is 10.5. The van der Waals surface area contributed by atoms with Crippen molar-refractivity contribution in [3.8, 4) is 0 Å². The maximum Gasteiger partial charge on any atom is 0.273 e. The number of aromatic nitrogens is 2. The Kier molecular flexibility index (Phi) is 3.36. The maximum absolute atomic E-state index is 11.9. The molecule has 2 aromatic rings. The van der Waals surface area contributed by atoms with Gasteiger partial charge in [0.05, 0.1) is 6.61 Å². The largest absolute Gasteiger partial charge is 0.391 e. The number of thiophene rings is 1. The zero-order valence-electron chi connectivity index (χ0n) is 8.57. The van der Waals surface area contributed by atoms with Crippen LogP contribution in [0.1, 0.15) is 4.88 Å². The minimum Gasteiger partial charge on any atom is -0.391 e. The molecule has 2 heterocycles. The number of aliphatic hydroxyl groups is 1. The Balaban J connectivity index is 2.25. The highest BCUT2D eigenvalue weighted by Gasteiger charge is 2.17. The summed E-state index contributed by atoms with van der Waals surface area (Å²) in [6.07, 6.45) is 2.89. The third-order valence-corrected chi connectivity index (χ3v) is 4.74. The summed E-state index contributed by atoms with van der Waals surface area (Å²) in [5.41, 5.74) is 0. The molecule has 8 heteroatoms. The van der Waals surface area contributed by atoms with E-state index in [1.165, 1.54) is 18.5 Å². The molecule has 2 N–H and O–H groups in total. The molecular weight excluding hydrogens is 262 g/mol. The van der Waals surface area contributed by atoms with E-state index in [0.717, 1.165) is 11.3 Å². The molecule has 2 aromatic heterocycles. The van der Waals surface area contributed by atoms with Gasteiger partial charge in [0.25, 0.3) is 10.0 Å². The van der Waals surface area contributed by atoms with Crippen molar-refractivity contribution in [2.24, 2.45) is 0 Å². The van der Waals surface area contributed by atoms with Crippen molar-refractivity contribution >= 4 is 27.3 Å². The van der Waals surface area contributed by atoms with Crippen LogP contribution in [-0.2, 0) is 16.6 Å². The molecule has 90 valence electrons. The molecule has 0 aliphatic rings. The van der Waals surface area contributed by atoms with Gasteiger partial charge in [-0.05, 0) is 18.2 Å². The summed E-state index contributed by atoms with van der Waals surface area (Å²) >= 11 is 1.00. The van der Waals surface area contributed by atoms with Gasteiger partial charge in [0.15, 0.2) is 0 Å². The van der Waals surface area contributed by atoms with E-state index in [1.807, 2.05) is 0 Å². The average molecular weight is 271 g/mol. The van der Waals surface area contributed by atoms with Crippen molar-refractivity contribution in [3.63, 3.8) is 0 Å². The molecule has 0 atom stereocenters. The number of hydrogen-bond acceptors (Lipinski definition) is 6. The van der Waals surface area contributed by atoms with Crippen LogP contribution in [0.25, 0.3) is 0 Å². The minimum atomic E-state index is -3.67. The van der Waals surface area contributed by atoms with Gasteiger partial charge < -0.3 is 5.11 Å². The van der Waals surface area contributed by atoms with Crippen molar-refractivity contribution in [1.82, 2.24) is 9.97 Å². The van der Waals surface area contributed by atoms with Crippen LogP contribution in [0.5, 0.6) is 0 Å². The Morgan fingerprint density at radius 1 is 1.29 bits per heavy atom. The Morgan fingerprint density at radius 3 is 2.59 bits per heavy atom. The van der Waals surface area contributed by atoms with Crippen molar-refractivity contribution in [1.29, 1.82) is 0 Å². The fourth-order valence-corrected chi connectivity index (χ4v) is 3.28. The first-order chi connectivity index (χ1) is 8.12. The molecule has 0 unspecified atom stereocenters. The molecule has 0 radical (unpaired) electrons. The van der Waals surface area contributed by atoms with E-state index in [0.29, 0.717) is 4.88 Å². The molecule has 0 saturated heterocycles. The molecular formula is C9H9N3O3S2. The van der Waals surface area contributed by atoms with Gasteiger partial charge >= 0.3 is 0 Å². The molecule has 0 aliphatic heterocycles. The highest BCUT2D eigenvalue weighted by Crippen LogP contribution is 2.22. The molecule has 0 fully saturated rings. The summed E-state index contributed by atoms with van der Waals surface area (Å²) < 4.78 is 26.1. The maximum atomic E-state index is 11.9. The standard InChI is InChI=1S/C9H9N3O3S2/c13-6-7-2-3-8(16-7)17(14,15)12-9-10-4-1-5-11-9/h1-5,13H,6H2,(H,10,11,12). The second kappa shape index (κ2) is 4.78. The average Bonchev–Trinajstić information content (AvgIpc) is 2.79. The molecule has 0 aromatic carbocycles. The second-order valence-electron chi connectivity index (χ2n) is 3.06. The van der Waals surface area contributed by atoms with Gasteiger partial charge in [0.2, 0.25) is 5.95 Å². The van der Waals surface area contributed by atoms with E-state index in [2.05, 4.69) is 14.7 Å². The normalized spacial score (nSPS) is 11.4. The van der Waals surface area contributed by atoms with E-state index in [4.69, 9.17) is 5.11 Å². The van der Waals surface area contributed by atoms with Crippen LogP contribution in [0, 0.1) is 0 Å². The summed E-state index contributed by atoms with van der Waals surface area (Å²) in [6, 6.07) is 4.58. The Hall–Kier alpha value is -1.51. The van der Waals surface area contributed by atoms with Crippen LogP contribution in [-0.4, -0.2) is 23.5 Å². The Bertz CT molecular complexity index is 595. The molecule has 0 aliphatic carbocycles. The predicted molar refractivity (Wildman–Crippen MR) is 63.1 cm³/mol. The Morgan fingerprint density at radius 2 is 2.00 bits per heavy atom. The van der Waals surface area contributed by atoms with E-state index in [1.54, 1.807) is 12.1 Å². The first-order valence-electron chi connectivity index (χ1n) is 4.61. The molecule has 2 rings (SSSR count). The number of anilines is 1. The summed E-state index contributed by atoms with van der Waals surface area (Å²) in [4.78, 5) is 8.12. The fourth-order valence-electron chi connectivity index (χ4n) is 1.11. The first kappa shape index (κ1) is 12.0. The van der Waals surface area contributed by atoms with Crippen molar-refractivity contribution in [3.05, 3.63) is 35.5 Å². The van der Waals surface area contributed by atoms with E-state index >= 15 is 0 Å². The molecule has 0 spiro atoms. The minimum absolute atomic E-state index is 0.0199. The lowest BCUT2D eigenvalue weighted by molar-refractivity contribution is 0.285. The van der Waals surface area contributed by atoms with Crippen LogP contribution in [0.2, 0.25) is 0 Å². The number of rotatable bonds is 4. The lowest BCUT2D eigenvalue weighted by Crippen LogP contribution is -2.13. The topological polar surface area (TPSA) is 92.2 Å². The number of sulfonamides is 1. The van der Waals surface area contributed by atoms with Gasteiger partial charge in [-0.1, -0.05) is 0 Å². The number of nitrogens with zero attached hydrogens (tertiary/aromatic N) is 2. The quantitative estimate of drug-likeness (QED) is 0.859. The summed E-state index contributed by atoms with van der Waals surface area (Å²) in [7, 11) is -3.67. The van der Waals surface area contributed by atoms with Gasteiger partial charge in [0, 0.05) is 17.3 Å². The zero-order chi connectivity index (χ0) is 12.3. The van der Waals surface area contributed by atoms with Crippen LogP contribution >= 0.6 is 11.3 Å². The molecule has 17 heavy (non-hydrogen) atoms. The first-order valence-corrected chi connectivity index (χ1v) is 6.91. The van der Waals surface area contributed by atoms with Crippen LogP contribution in [0.15, 0.2) is 34.8 Å². The fraction of sp³-hybridized carbons (Fsp3) is 0.111. The third-order valence-electron chi connectivity index (χ3n) is 1.85. The summed E-state index contributed by atoms with van der Waals surface area (Å²) in [5.74, 6) is 0.0199. The van der Waals surface area contributed by atoms with Crippen LogP contribution in [0.4, 0.5) is 5.95 Å². The van der Waals surface area contributed by atoms with Gasteiger partial charge in [-0.25, -0.2) is 23.1 Å². The molecule has 6 nitrogen and oxygen atoms in total. The summed E-state index contributed by atoms with van der Waals surface area (Å²) in [6.45, 7) is -0.179. The number of aliphatic hydroxyl groups excluding tert-OH is 1. The Labute approximate surface area is 102 Å². The number of nitrogens with one attached hydrogen (secondary N) is 1. The molecule has 0 amide bonds.